The molecule has 1 aromatic heterocycles. The van der Waals surface area contributed by atoms with Gasteiger partial charge in [0.2, 0.25) is 5.76 Å². The predicted octanol–water partition coefficient (Wildman–Crippen LogP) is 5.61. The zero-order valence-corrected chi connectivity index (χ0v) is 24.6. The number of benzene rings is 4. The van der Waals surface area contributed by atoms with Crippen molar-refractivity contribution in [2.24, 2.45) is 0 Å². The molecular formula is C36H30N2O6. The summed E-state index contributed by atoms with van der Waals surface area (Å²) < 4.78 is 17.1. The number of rotatable bonds is 7. The summed E-state index contributed by atoms with van der Waals surface area (Å²) >= 11 is 0. The molecule has 0 aliphatic carbocycles. The van der Waals surface area contributed by atoms with E-state index in [1.807, 2.05) is 73.7 Å². The number of hydrogen-bond donors (Lipinski definition) is 0. The average Bonchev–Trinajstić information content (AvgIpc) is 3.43. The summed E-state index contributed by atoms with van der Waals surface area (Å²) in [6.07, 6.45) is 0.392. The van der Waals surface area contributed by atoms with E-state index in [1.165, 1.54) is 4.90 Å². The maximum absolute atomic E-state index is 15.0. The molecule has 1 spiro atoms. The fraction of sp³-hybridized carbons (Fsp3) is 0.194. The molecule has 44 heavy (non-hydrogen) atoms. The summed E-state index contributed by atoms with van der Waals surface area (Å²) in [5, 5.41) is 0.322. The number of hydrogen-bond acceptors (Lipinski definition) is 6. The maximum Gasteiger partial charge on any atom is 0.291 e. The Hall–Kier alpha value is -5.37. The van der Waals surface area contributed by atoms with Crippen molar-refractivity contribution in [3.8, 4) is 11.5 Å². The molecule has 3 heterocycles. The van der Waals surface area contributed by atoms with Crippen molar-refractivity contribution in [1.82, 2.24) is 4.90 Å². The number of amides is 2. The third-order valence-corrected chi connectivity index (χ3v) is 8.64. The van der Waals surface area contributed by atoms with Gasteiger partial charge in [0.25, 0.3) is 11.8 Å². The highest BCUT2D eigenvalue weighted by Gasteiger charge is 2.64. The zero-order valence-electron chi connectivity index (χ0n) is 24.6. The molecule has 220 valence electrons. The molecule has 7 rings (SSSR count). The number of methoxy groups -OCH3 is 2. The SMILES string of the molecule is COc1ccc(CCN2C(=O)c3oc4ccccc4c(=O)c3C23C(=O)N(Cc2cccc(C)c2)c2ccccc23)cc1OC. The van der Waals surface area contributed by atoms with E-state index in [-0.39, 0.29) is 35.7 Å². The molecule has 0 fully saturated rings. The van der Waals surface area contributed by atoms with Crippen molar-refractivity contribution in [2.75, 3.05) is 25.7 Å². The first-order valence-corrected chi connectivity index (χ1v) is 14.4. The lowest BCUT2D eigenvalue weighted by Gasteiger charge is -2.34. The second-order valence-corrected chi connectivity index (χ2v) is 11.1. The Bertz CT molecular complexity index is 2030. The lowest BCUT2D eigenvalue weighted by Crippen LogP contribution is -2.53. The van der Waals surface area contributed by atoms with E-state index in [9.17, 15) is 14.4 Å². The molecule has 4 aromatic carbocycles. The summed E-state index contributed by atoms with van der Waals surface area (Å²) in [7, 11) is 3.14. The Kier molecular flexibility index (Phi) is 6.50. The fourth-order valence-corrected chi connectivity index (χ4v) is 6.66. The second-order valence-electron chi connectivity index (χ2n) is 11.1. The molecule has 0 N–H and O–H groups in total. The van der Waals surface area contributed by atoms with Gasteiger partial charge < -0.3 is 23.7 Å². The van der Waals surface area contributed by atoms with Crippen LogP contribution in [0.1, 0.15) is 38.4 Å². The maximum atomic E-state index is 15.0. The molecule has 1 unspecified atom stereocenters. The van der Waals surface area contributed by atoms with Gasteiger partial charge in [-0.1, -0.05) is 66.2 Å². The summed E-state index contributed by atoms with van der Waals surface area (Å²) in [6, 6.07) is 27.8. The van der Waals surface area contributed by atoms with Crippen LogP contribution in [0.4, 0.5) is 5.69 Å². The molecule has 8 heteroatoms. The Morgan fingerprint density at radius 1 is 0.795 bits per heavy atom. The minimum atomic E-state index is -1.69. The molecule has 1 atom stereocenters. The van der Waals surface area contributed by atoms with Gasteiger partial charge in [-0.25, -0.2) is 0 Å². The van der Waals surface area contributed by atoms with E-state index in [4.69, 9.17) is 13.9 Å². The zero-order chi connectivity index (χ0) is 30.6. The molecule has 8 nitrogen and oxygen atoms in total. The van der Waals surface area contributed by atoms with Crippen molar-refractivity contribution in [2.45, 2.75) is 25.4 Å². The molecule has 0 saturated carbocycles. The van der Waals surface area contributed by atoms with Crippen LogP contribution >= 0.6 is 0 Å². The fourth-order valence-electron chi connectivity index (χ4n) is 6.66. The minimum Gasteiger partial charge on any atom is -0.493 e. The van der Waals surface area contributed by atoms with Crippen LogP contribution < -0.4 is 19.8 Å². The number of para-hydroxylation sites is 2. The highest BCUT2D eigenvalue weighted by molar-refractivity contribution is 6.17. The summed E-state index contributed by atoms with van der Waals surface area (Å²) in [5.41, 5.74) is 2.43. The first-order valence-electron chi connectivity index (χ1n) is 14.4. The number of fused-ring (bicyclic) bond motifs is 5. The smallest absolute Gasteiger partial charge is 0.291 e. The number of aryl methyl sites for hydroxylation is 1. The third-order valence-electron chi connectivity index (χ3n) is 8.64. The Morgan fingerprint density at radius 2 is 1.57 bits per heavy atom. The Morgan fingerprint density at radius 3 is 2.36 bits per heavy atom. The molecule has 5 aromatic rings. The van der Waals surface area contributed by atoms with Crippen LogP contribution in [0, 0.1) is 6.92 Å². The summed E-state index contributed by atoms with van der Waals surface area (Å²) in [4.78, 5) is 46.9. The highest BCUT2D eigenvalue weighted by Crippen LogP contribution is 2.53. The van der Waals surface area contributed by atoms with Crippen LogP contribution in [0.25, 0.3) is 11.0 Å². The normalized spacial score (nSPS) is 17.0. The molecule has 2 aliphatic rings. The van der Waals surface area contributed by atoms with E-state index in [1.54, 1.807) is 43.4 Å². The molecule has 0 radical (unpaired) electrons. The van der Waals surface area contributed by atoms with Gasteiger partial charge in [-0.2, -0.15) is 0 Å². The van der Waals surface area contributed by atoms with Crippen LogP contribution in [-0.2, 0) is 23.3 Å². The van der Waals surface area contributed by atoms with Crippen LogP contribution in [0.5, 0.6) is 11.5 Å². The van der Waals surface area contributed by atoms with Gasteiger partial charge in [0.1, 0.15) is 5.58 Å². The number of carbonyl (C=O) groups excluding carboxylic acids is 2. The van der Waals surface area contributed by atoms with Gasteiger partial charge in [0.05, 0.1) is 37.4 Å². The van der Waals surface area contributed by atoms with Gasteiger partial charge in [0.15, 0.2) is 22.5 Å². The van der Waals surface area contributed by atoms with E-state index in [0.29, 0.717) is 40.1 Å². The van der Waals surface area contributed by atoms with Crippen molar-refractivity contribution in [3.05, 3.63) is 135 Å². The van der Waals surface area contributed by atoms with Crippen molar-refractivity contribution >= 4 is 28.5 Å². The summed E-state index contributed by atoms with van der Waals surface area (Å²) in [6.45, 7) is 2.43. The van der Waals surface area contributed by atoms with Crippen LogP contribution in [0.15, 0.2) is 100 Å². The number of anilines is 1. The number of carbonyl (C=O) groups is 2. The van der Waals surface area contributed by atoms with Crippen LogP contribution in [0.2, 0.25) is 0 Å². The number of nitrogens with zero attached hydrogens (tertiary/aromatic N) is 2. The molecule has 2 aliphatic heterocycles. The largest absolute Gasteiger partial charge is 0.493 e. The monoisotopic (exact) mass is 586 g/mol. The van der Waals surface area contributed by atoms with E-state index in [2.05, 4.69) is 0 Å². The first-order chi connectivity index (χ1) is 21.4. The third kappa shape index (κ3) is 3.94. The highest BCUT2D eigenvalue weighted by atomic mass is 16.5. The van der Waals surface area contributed by atoms with Crippen molar-refractivity contribution < 1.29 is 23.5 Å². The van der Waals surface area contributed by atoms with Crippen molar-refractivity contribution in [1.29, 1.82) is 0 Å². The van der Waals surface area contributed by atoms with Crippen molar-refractivity contribution in [3.63, 3.8) is 0 Å². The second kappa shape index (κ2) is 10.4. The van der Waals surface area contributed by atoms with E-state index >= 15 is 0 Å². The quantitative estimate of drug-likeness (QED) is 0.246. The predicted molar refractivity (Wildman–Crippen MR) is 166 cm³/mol. The van der Waals surface area contributed by atoms with Crippen LogP contribution in [0.3, 0.4) is 0 Å². The standard InChI is InChI=1S/C36H30N2O6/c1-22-9-8-10-24(19-22)21-37-27-13-6-5-12-26(27)36(35(37)41)31-32(39)25-11-4-7-14-28(25)44-33(31)34(40)38(36)18-17-23-15-16-29(42-2)30(20-23)43-3/h4-16,19-20H,17-18,21H2,1-3H3. The van der Waals surface area contributed by atoms with Crippen LogP contribution in [-0.4, -0.2) is 37.5 Å². The Labute approximate surface area is 254 Å². The molecule has 0 bridgehead atoms. The van der Waals surface area contributed by atoms with Gasteiger partial charge in [-0.05, 0) is 54.8 Å². The lowest BCUT2D eigenvalue weighted by molar-refractivity contribution is -0.126. The van der Waals surface area contributed by atoms with Gasteiger partial charge in [-0.3, -0.25) is 14.4 Å². The topological polar surface area (TPSA) is 89.3 Å². The van der Waals surface area contributed by atoms with Gasteiger partial charge >= 0.3 is 0 Å². The minimum absolute atomic E-state index is 0.0673. The molecule has 0 saturated heterocycles. The van der Waals surface area contributed by atoms with Gasteiger partial charge in [0, 0.05) is 12.1 Å². The molecular weight excluding hydrogens is 556 g/mol. The van der Waals surface area contributed by atoms with E-state index in [0.717, 1.165) is 16.7 Å². The Balaban J connectivity index is 1.42. The first kappa shape index (κ1) is 27.5. The van der Waals surface area contributed by atoms with E-state index < -0.39 is 11.4 Å². The average molecular weight is 587 g/mol. The number of ether oxygens (including phenoxy) is 2. The summed E-state index contributed by atoms with van der Waals surface area (Å²) in [5.74, 6) is 0.198. The molecule has 2 amide bonds. The van der Waals surface area contributed by atoms with Gasteiger partial charge in [-0.15, -0.1) is 0 Å². The lowest BCUT2D eigenvalue weighted by atomic mass is 9.83.